The molecule has 142 valence electrons. The van der Waals surface area contributed by atoms with E-state index in [2.05, 4.69) is 15.2 Å². The van der Waals surface area contributed by atoms with Crippen molar-refractivity contribution in [3.63, 3.8) is 0 Å². The number of aromatic nitrogens is 4. The number of hydrogen-bond acceptors (Lipinski definition) is 5. The lowest BCUT2D eigenvalue weighted by molar-refractivity contribution is -0.132. The molecule has 9 heteroatoms. The molecule has 8 nitrogen and oxygen atoms in total. The first kappa shape index (κ1) is 17.8. The van der Waals surface area contributed by atoms with Crippen molar-refractivity contribution in [2.75, 3.05) is 13.1 Å². The second kappa shape index (κ2) is 7.19. The monoisotopic (exact) mass is 389 g/mol. The van der Waals surface area contributed by atoms with Crippen molar-refractivity contribution in [2.24, 2.45) is 0 Å². The molecule has 1 atom stereocenters. The van der Waals surface area contributed by atoms with Crippen LogP contribution in [-0.2, 0) is 11.2 Å². The molecule has 0 saturated carbocycles. The maximum Gasteiger partial charge on any atom is 0.272 e. The fourth-order valence-electron chi connectivity index (χ4n) is 3.59. The zero-order chi connectivity index (χ0) is 19.0. The van der Waals surface area contributed by atoms with E-state index in [9.17, 15) is 9.59 Å². The average molecular weight is 390 g/mol. The summed E-state index contributed by atoms with van der Waals surface area (Å²) < 4.78 is 6.51. The molecule has 1 saturated heterocycles. The van der Waals surface area contributed by atoms with Crippen LogP contribution in [0.25, 0.3) is 5.65 Å². The van der Waals surface area contributed by atoms with Gasteiger partial charge in [-0.05, 0) is 19.8 Å². The summed E-state index contributed by atoms with van der Waals surface area (Å²) in [6.07, 6.45) is 2.71. The van der Waals surface area contributed by atoms with Gasteiger partial charge in [0.1, 0.15) is 5.76 Å². The van der Waals surface area contributed by atoms with Gasteiger partial charge in [0.25, 0.3) is 5.56 Å². The molecule has 1 aliphatic heterocycles. The molecule has 1 amide bonds. The van der Waals surface area contributed by atoms with Gasteiger partial charge in [-0.1, -0.05) is 16.8 Å². The highest BCUT2D eigenvalue weighted by molar-refractivity contribution is 6.29. The molecule has 0 spiro atoms. The third-order valence-electron chi connectivity index (χ3n) is 4.93. The molecule has 0 bridgehead atoms. The van der Waals surface area contributed by atoms with Gasteiger partial charge < -0.3 is 9.42 Å². The number of aromatic amines is 1. The highest BCUT2D eigenvalue weighted by Crippen LogP contribution is 2.27. The molecule has 0 aromatic carbocycles. The van der Waals surface area contributed by atoms with Gasteiger partial charge in [-0.3, -0.25) is 14.7 Å². The number of aryl methyl sites for hydroxylation is 2. The maximum atomic E-state index is 12.6. The second-order valence-corrected chi connectivity index (χ2v) is 7.32. The lowest BCUT2D eigenvalue weighted by Gasteiger charge is -2.32. The van der Waals surface area contributed by atoms with E-state index in [-0.39, 0.29) is 17.4 Å². The average Bonchev–Trinajstić information content (AvgIpc) is 3.26. The Hall–Kier alpha value is -2.61. The third kappa shape index (κ3) is 3.75. The topological polar surface area (TPSA) is 96.5 Å². The quantitative estimate of drug-likeness (QED) is 0.738. The summed E-state index contributed by atoms with van der Waals surface area (Å²) in [6, 6.07) is 5.04. The van der Waals surface area contributed by atoms with Gasteiger partial charge in [-0.15, -0.1) is 0 Å². The Morgan fingerprint density at radius 2 is 2.26 bits per heavy atom. The van der Waals surface area contributed by atoms with E-state index in [0.717, 1.165) is 25.1 Å². The summed E-state index contributed by atoms with van der Waals surface area (Å²) in [5.41, 5.74) is 2.11. The second-order valence-electron chi connectivity index (χ2n) is 6.94. The van der Waals surface area contributed by atoms with Crippen molar-refractivity contribution in [3.05, 3.63) is 50.9 Å². The van der Waals surface area contributed by atoms with Gasteiger partial charge in [0.2, 0.25) is 5.91 Å². The molecular formula is C18H20ClN5O3. The Balaban J connectivity index is 1.45. The lowest BCUT2D eigenvalue weighted by atomic mass is 9.94. The van der Waals surface area contributed by atoms with Crippen molar-refractivity contribution < 1.29 is 9.32 Å². The van der Waals surface area contributed by atoms with Gasteiger partial charge in [-0.2, -0.15) is 0 Å². The first-order chi connectivity index (χ1) is 13.0. The number of nitrogens with zero attached hydrogens (tertiary/aromatic N) is 4. The first-order valence-corrected chi connectivity index (χ1v) is 9.35. The van der Waals surface area contributed by atoms with Gasteiger partial charge in [0, 0.05) is 61.4 Å². The van der Waals surface area contributed by atoms with Crippen molar-refractivity contribution in [3.8, 4) is 0 Å². The zero-order valence-electron chi connectivity index (χ0n) is 14.9. The molecule has 0 aliphatic carbocycles. The van der Waals surface area contributed by atoms with Crippen LogP contribution in [0.4, 0.5) is 0 Å². The number of carbonyl (C=O) groups excluding carboxylic acids is 1. The summed E-state index contributed by atoms with van der Waals surface area (Å²) in [6.45, 7) is 3.16. The van der Waals surface area contributed by atoms with Gasteiger partial charge in [-0.25, -0.2) is 9.50 Å². The van der Waals surface area contributed by atoms with Crippen LogP contribution in [0.3, 0.4) is 0 Å². The Morgan fingerprint density at radius 1 is 1.41 bits per heavy atom. The van der Waals surface area contributed by atoms with E-state index in [1.165, 1.54) is 10.6 Å². The van der Waals surface area contributed by atoms with Crippen LogP contribution in [0.15, 0.2) is 27.5 Å². The number of H-pyrrole nitrogens is 1. The van der Waals surface area contributed by atoms with Crippen molar-refractivity contribution >= 4 is 23.2 Å². The number of piperidine rings is 1. The number of carbonyl (C=O) groups is 1. The van der Waals surface area contributed by atoms with Crippen LogP contribution < -0.4 is 5.56 Å². The molecule has 3 aromatic rings. The summed E-state index contributed by atoms with van der Waals surface area (Å²) in [5, 5.41) is 7.07. The zero-order valence-corrected chi connectivity index (χ0v) is 15.7. The Bertz CT molecular complexity index is 1040. The van der Waals surface area contributed by atoms with Gasteiger partial charge in [0.05, 0.1) is 0 Å². The fourth-order valence-corrected chi connectivity index (χ4v) is 3.75. The van der Waals surface area contributed by atoms with Crippen LogP contribution >= 0.6 is 11.6 Å². The third-order valence-corrected chi connectivity index (χ3v) is 5.11. The largest absolute Gasteiger partial charge is 0.360 e. The Morgan fingerprint density at radius 3 is 3.04 bits per heavy atom. The molecule has 1 aliphatic rings. The normalized spacial score (nSPS) is 17.6. The highest BCUT2D eigenvalue weighted by atomic mass is 35.5. The fraction of sp³-hybridized carbons (Fsp3) is 0.444. The number of fused-ring (bicyclic) bond motifs is 1. The number of amides is 1. The van der Waals surface area contributed by atoms with Crippen LogP contribution in [0.1, 0.15) is 42.3 Å². The molecule has 4 heterocycles. The minimum Gasteiger partial charge on any atom is -0.360 e. The summed E-state index contributed by atoms with van der Waals surface area (Å²) in [7, 11) is 0. The van der Waals surface area contributed by atoms with E-state index in [4.69, 9.17) is 16.1 Å². The van der Waals surface area contributed by atoms with Crippen LogP contribution in [0.2, 0.25) is 5.15 Å². The number of rotatable bonds is 4. The minimum atomic E-state index is -0.127. The first-order valence-electron chi connectivity index (χ1n) is 8.98. The molecule has 1 unspecified atom stereocenters. The van der Waals surface area contributed by atoms with Crippen LogP contribution in [-0.4, -0.2) is 43.7 Å². The molecule has 0 radical (unpaired) electrons. The standard InChI is InChI=1S/C18H20ClN5O3/c1-11-7-18(26)24-16(20-11)9-14(21-24)12-3-2-6-23(10-12)17(25)5-4-13-8-15(19)22-27-13/h7-9,12,21H,2-6,10H2,1H3. The lowest BCUT2D eigenvalue weighted by Crippen LogP contribution is -2.39. The maximum absolute atomic E-state index is 12.6. The molecule has 4 rings (SSSR count). The molecular weight excluding hydrogens is 370 g/mol. The molecule has 1 fully saturated rings. The summed E-state index contributed by atoms with van der Waals surface area (Å²) >= 11 is 5.73. The van der Waals surface area contributed by atoms with Crippen molar-refractivity contribution in [1.29, 1.82) is 0 Å². The number of hydrogen-bond donors (Lipinski definition) is 1. The molecule has 1 N–H and O–H groups in total. The highest BCUT2D eigenvalue weighted by Gasteiger charge is 2.26. The van der Waals surface area contributed by atoms with E-state index < -0.39 is 0 Å². The Labute approximate surface area is 160 Å². The van der Waals surface area contributed by atoms with Crippen molar-refractivity contribution in [1.82, 2.24) is 24.7 Å². The molecule has 3 aromatic heterocycles. The summed E-state index contributed by atoms with van der Waals surface area (Å²) in [4.78, 5) is 30.9. The predicted molar refractivity (Wildman–Crippen MR) is 98.9 cm³/mol. The molecule has 27 heavy (non-hydrogen) atoms. The van der Waals surface area contributed by atoms with Crippen molar-refractivity contribution in [2.45, 2.75) is 38.5 Å². The van der Waals surface area contributed by atoms with Gasteiger partial charge >= 0.3 is 0 Å². The van der Waals surface area contributed by atoms with E-state index in [0.29, 0.717) is 41.6 Å². The van der Waals surface area contributed by atoms with Crippen LogP contribution in [0, 0.1) is 6.92 Å². The minimum absolute atomic E-state index is 0.0782. The predicted octanol–water partition coefficient (Wildman–Crippen LogP) is 2.31. The Kier molecular flexibility index (Phi) is 4.73. The smallest absolute Gasteiger partial charge is 0.272 e. The van der Waals surface area contributed by atoms with Gasteiger partial charge in [0.15, 0.2) is 10.8 Å². The number of nitrogens with one attached hydrogen (secondary N) is 1. The number of likely N-dealkylation sites (tertiary alicyclic amines) is 1. The summed E-state index contributed by atoms with van der Waals surface area (Å²) in [5.74, 6) is 0.844. The SMILES string of the molecule is Cc1cc(=O)n2[nH]c(C3CCCN(C(=O)CCc4cc(Cl)no4)C3)cc2n1. The van der Waals surface area contributed by atoms with Crippen LogP contribution in [0.5, 0.6) is 0 Å². The van der Waals surface area contributed by atoms with E-state index >= 15 is 0 Å². The number of halogens is 1. The van der Waals surface area contributed by atoms with E-state index in [1.54, 1.807) is 13.0 Å². The van der Waals surface area contributed by atoms with E-state index in [1.807, 2.05) is 11.0 Å².